The van der Waals surface area contributed by atoms with Crippen molar-refractivity contribution >= 4 is 35.0 Å². The second kappa shape index (κ2) is 10.5. The van der Waals surface area contributed by atoms with Crippen LogP contribution in [0.5, 0.6) is 5.75 Å². The number of hydrogen-bond acceptors (Lipinski definition) is 8. The average Bonchev–Trinajstić information content (AvgIpc) is 3.49. The number of aromatic nitrogens is 2. The quantitative estimate of drug-likeness (QED) is 0.563. The summed E-state index contributed by atoms with van der Waals surface area (Å²) >= 11 is 0. The predicted molar refractivity (Wildman–Crippen MR) is 156 cm³/mol. The van der Waals surface area contributed by atoms with Crippen molar-refractivity contribution in [2.24, 2.45) is 11.3 Å². The molecular weight excluding hydrogens is 506 g/mol. The zero-order chi connectivity index (χ0) is 28.0. The molecule has 4 fully saturated rings. The van der Waals surface area contributed by atoms with Gasteiger partial charge in [0.15, 0.2) is 5.82 Å². The fourth-order valence-corrected chi connectivity index (χ4v) is 6.96. The van der Waals surface area contributed by atoms with Gasteiger partial charge in [-0.2, -0.15) is 4.98 Å². The van der Waals surface area contributed by atoms with Gasteiger partial charge >= 0.3 is 0 Å². The van der Waals surface area contributed by atoms with Gasteiger partial charge in [-0.1, -0.05) is 12.8 Å². The molecule has 3 saturated heterocycles. The van der Waals surface area contributed by atoms with Crippen LogP contribution in [0.4, 0.5) is 23.1 Å². The smallest absolute Gasteiger partial charge is 0.251 e. The van der Waals surface area contributed by atoms with Crippen LogP contribution >= 0.6 is 0 Å². The molecule has 5 heterocycles. The molecule has 10 heteroatoms. The van der Waals surface area contributed by atoms with Gasteiger partial charge in [0.1, 0.15) is 11.4 Å². The van der Waals surface area contributed by atoms with Crippen LogP contribution in [0.3, 0.4) is 0 Å². The summed E-state index contributed by atoms with van der Waals surface area (Å²) in [7, 11) is 3.40. The van der Waals surface area contributed by atoms with Gasteiger partial charge in [0.2, 0.25) is 11.9 Å². The molecule has 5 aliphatic rings. The lowest BCUT2D eigenvalue weighted by Gasteiger charge is -2.44. The number of amides is 2. The highest BCUT2D eigenvalue weighted by Gasteiger charge is 2.41. The van der Waals surface area contributed by atoms with Gasteiger partial charge < -0.3 is 30.1 Å². The molecule has 2 amide bonds. The Kier molecular flexibility index (Phi) is 7.06. The topological polar surface area (TPSA) is 103 Å². The lowest BCUT2D eigenvalue weighted by Crippen LogP contribution is -2.57. The van der Waals surface area contributed by atoms with Gasteiger partial charge in [0.25, 0.3) is 5.91 Å². The van der Waals surface area contributed by atoms with E-state index in [1.807, 2.05) is 26.0 Å². The highest BCUT2D eigenvalue weighted by atomic mass is 16.5. The van der Waals surface area contributed by atoms with E-state index in [2.05, 4.69) is 25.4 Å². The van der Waals surface area contributed by atoms with Gasteiger partial charge in [-0.25, -0.2) is 4.98 Å². The first-order valence-corrected chi connectivity index (χ1v) is 14.6. The largest absolute Gasteiger partial charge is 0.495 e. The van der Waals surface area contributed by atoms with Crippen LogP contribution in [0.25, 0.3) is 0 Å². The first-order valence-electron chi connectivity index (χ1n) is 14.6. The summed E-state index contributed by atoms with van der Waals surface area (Å²) in [4.78, 5) is 42.4. The number of nitrogens with one attached hydrogen (secondary N) is 2. The third-order valence-corrected chi connectivity index (χ3v) is 9.28. The van der Waals surface area contributed by atoms with Crippen molar-refractivity contribution in [2.45, 2.75) is 64.5 Å². The number of hydrogen-bond donors (Lipinski definition) is 2. The zero-order valence-electron chi connectivity index (χ0n) is 24.1. The van der Waals surface area contributed by atoms with E-state index in [1.165, 1.54) is 12.8 Å². The molecule has 40 heavy (non-hydrogen) atoms. The van der Waals surface area contributed by atoms with Crippen LogP contribution in [0.1, 0.15) is 62.7 Å². The summed E-state index contributed by atoms with van der Waals surface area (Å²) < 4.78 is 5.67. The standard InChI is InChI=1S/C30H41N7O3/c1-30(2)18-37(21-7-5-6-8-21)26-24(35(3)28(30)39)16-31-29(34-26)33-22-10-9-20(15-25(22)40-4)27(38)32-23-17-36-13-11-19(23)12-14-36/h9-10,15-16,19,21,23H,5-8,11-14,17-18H2,1-4H3,(H,32,38)(H,31,33,34)/t23-/m1/s1. The van der Waals surface area contributed by atoms with E-state index in [4.69, 9.17) is 9.72 Å². The number of anilines is 4. The van der Waals surface area contributed by atoms with Crippen molar-refractivity contribution in [3.05, 3.63) is 30.0 Å². The summed E-state index contributed by atoms with van der Waals surface area (Å²) in [5, 5.41) is 6.56. The Morgan fingerprint density at radius 1 is 1.12 bits per heavy atom. The molecule has 1 aromatic heterocycles. The van der Waals surface area contributed by atoms with Crippen LogP contribution in [-0.2, 0) is 4.79 Å². The predicted octanol–water partition coefficient (Wildman–Crippen LogP) is 3.80. The Morgan fingerprint density at radius 2 is 1.88 bits per heavy atom. The molecule has 0 radical (unpaired) electrons. The zero-order valence-corrected chi connectivity index (χ0v) is 24.1. The lowest BCUT2D eigenvalue weighted by molar-refractivity contribution is -0.125. The van der Waals surface area contributed by atoms with Crippen LogP contribution in [0, 0.1) is 11.3 Å². The summed E-state index contributed by atoms with van der Waals surface area (Å²) in [6.45, 7) is 7.82. The highest BCUT2D eigenvalue weighted by molar-refractivity contribution is 6.01. The van der Waals surface area contributed by atoms with Gasteiger partial charge in [0.05, 0.1) is 24.4 Å². The first kappa shape index (κ1) is 26.8. The first-order chi connectivity index (χ1) is 19.2. The van der Waals surface area contributed by atoms with Crippen molar-refractivity contribution in [2.75, 3.05) is 55.5 Å². The van der Waals surface area contributed by atoms with Crippen LogP contribution in [-0.4, -0.2) is 79.1 Å². The number of piperidine rings is 3. The SMILES string of the molecule is COc1cc(C(=O)N[C@@H]2CN3CCC2CC3)ccc1Nc1ncc2c(n1)N(C1CCCC1)CC(C)(C)C(=O)N2C. The fourth-order valence-electron chi connectivity index (χ4n) is 6.96. The van der Waals surface area contributed by atoms with E-state index in [9.17, 15) is 9.59 Å². The number of methoxy groups -OCH3 is 1. The second-order valence-corrected chi connectivity index (χ2v) is 12.5. The maximum Gasteiger partial charge on any atom is 0.251 e. The van der Waals surface area contributed by atoms with Gasteiger partial charge in [-0.05, 0) is 76.7 Å². The van der Waals surface area contributed by atoms with E-state index in [1.54, 1.807) is 31.3 Å². The van der Waals surface area contributed by atoms with E-state index < -0.39 is 5.41 Å². The van der Waals surface area contributed by atoms with Crippen molar-refractivity contribution in [1.82, 2.24) is 20.2 Å². The molecule has 214 valence electrons. The third-order valence-electron chi connectivity index (χ3n) is 9.28. The number of nitrogens with zero attached hydrogens (tertiary/aromatic N) is 5. The lowest BCUT2D eigenvalue weighted by atomic mass is 9.84. The van der Waals surface area contributed by atoms with E-state index >= 15 is 0 Å². The van der Waals surface area contributed by atoms with Gasteiger partial charge in [0, 0.05) is 37.8 Å². The van der Waals surface area contributed by atoms with Crippen molar-refractivity contribution in [3.63, 3.8) is 0 Å². The van der Waals surface area contributed by atoms with Gasteiger partial charge in [-0.3, -0.25) is 9.59 Å². The molecule has 10 nitrogen and oxygen atoms in total. The number of ether oxygens (including phenoxy) is 1. The molecular formula is C30H41N7O3. The third kappa shape index (κ3) is 4.98. The molecule has 7 rings (SSSR count). The minimum Gasteiger partial charge on any atom is -0.495 e. The molecule has 2 N–H and O–H groups in total. The molecule has 1 aliphatic carbocycles. The minimum atomic E-state index is -0.542. The fraction of sp³-hybridized carbons (Fsp3) is 0.600. The van der Waals surface area contributed by atoms with Crippen molar-refractivity contribution < 1.29 is 14.3 Å². The molecule has 1 atom stereocenters. The number of fused-ring (bicyclic) bond motifs is 4. The molecule has 2 bridgehead atoms. The van der Waals surface area contributed by atoms with E-state index in [0.29, 0.717) is 41.5 Å². The second-order valence-electron chi connectivity index (χ2n) is 12.5. The number of carbonyl (C=O) groups is 2. The molecule has 1 saturated carbocycles. The average molecular weight is 548 g/mol. The molecule has 2 aromatic rings. The monoisotopic (exact) mass is 547 g/mol. The summed E-state index contributed by atoms with van der Waals surface area (Å²) in [6.07, 6.45) is 8.60. The number of benzene rings is 1. The van der Waals surface area contributed by atoms with Crippen molar-refractivity contribution in [1.29, 1.82) is 0 Å². The van der Waals surface area contributed by atoms with Crippen LogP contribution in [0.15, 0.2) is 24.4 Å². The summed E-state index contributed by atoms with van der Waals surface area (Å²) in [5.41, 5.74) is 1.42. The van der Waals surface area contributed by atoms with E-state index in [0.717, 1.165) is 56.8 Å². The Labute approximate surface area is 236 Å². The highest BCUT2D eigenvalue weighted by Crippen LogP contribution is 2.40. The minimum absolute atomic E-state index is 0.0623. The van der Waals surface area contributed by atoms with Crippen LogP contribution in [0.2, 0.25) is 0 Å². The van der Waals surface area contributed by atoms with Crippen LogP contribution < -0.4 is 25.2 Å². The maximum atomic E-state index is 13.3. The molecule has 0 unspecified atom stereocenters. The normalized spacial score (nSPS) is 25.9. The maximum absolute atomic E-state index is 13.3. The number of rotatable bonds is 6. The summed E-state index contributed by atoms with van der Waals surface area (Å²) in [5.74, 6) is 2.29. The summed E-state index contributed by atoms with van der Waals surface area (Å²) in [6, 6.07) is 5.97. The molecule has 4 aliphatic heterocycles. The Morgan fingerprint density at radius 3 is 2.55 bits per heavy atom. The Balaban J connectivity index is 1.24. The van der Waals surface area contributed by atoms with Gasteiger partial charge in [-0.15, -0.1) is 0 Å². The Hall–Kier alpha value is -3.40. The molecule has 1 aromatic carbocycles. The number of carbonyl (C=O) groups excluding carboxylic acids is 2. The van der Waals surface area contributed by atoms with E-state index in [-0.39, 0.29) is 17.9 Å². The van der Waals surface area contributed by atoms with Crippen molar-refractivity contribution in [3.8, 4) is 5.75 Å². The Bertz CT molecular complexity index is 1280. The molecule has 0 spiro atoms.